The van der Waals surface area contributed by atoms with Crippen molar-refractivity contribution in [3.63, 3.8) is 0 Å². The van der Waals surface area contributed by atoms with Crippen LogP contribution in [0.5, 0.6) is 0 Å². The lowest BCUT2D eigenvalue weighted by molar-refractivity contribution is 0.599. The van der Waals surface area contributed by atoms with E-state index in [1.54, 1.807) is 0 Å². The molecule has 0 atom stereocenters. The predicted molar refractivity (Wildman–Crippen MR) is 14.3 cm³/mol. The van der Waals surface area contributed by atoms with Gasteiger partial charge in [0.15, 0.2) is 6.13 Å². The van der Waals surface area contributed by atoms with Crippen molar-refractivity contribution in [3.05, 3.63) is 0 Å². The Labute approximate surface area is 27.9 Å². The summed E-state index contributed by atoms with van der Waals surface area (Å²) < 4.78 is 10.1. The van der Waals surface area contributed by atoms with E-state index < -0.39 is 6.13 Å². The lowest BCUT2D eigenvalue weighted by Gasteiger charge is -1.42. The van der Waals surface area contributed by atoms with E-state index in [2.05, 4.69) is 11.6 Å². The van der Waals surface area contributed by atoms with Crippen LogP contribution >= 0.6 is 11.6 Å². The van der Waals surface area contributed by atoms with Crippen molar-refractivity contribution in [1.29, 1.82) is 0 Å². The first-order valence-electron chi connectivity index (χ1n) is 0.535. The van der Waals surface area contributed by atoms with Crippen molar-refractivity contribution < 1.29 is 9.09 Å². The van der Waals surface area contributed by atoms with Gasteiger partial charge in [0.05, 0.1) is 0 Å². The Morgan fingerprint density at radius 1 is 1.75 bits per heavy atom. The van der Waals surface area contributed by atoms with Gasteiger partial charge in [0.25, 0.3) is 0 Å². The third kappa shape index (κ3) is 126. The molecule has 28 valence electrons. The highest BCUT2D eigenvalue weighted by atomic mass is 35.5. The third-order valence-electron chi connectivity index (χ3n) is 0. The normalized spacial score (nSPS) is 4.50. The molecule has 0 spiro atoms. The first kappa shape index (κ1) is 8.91. The van der Waals surface area contributed by atoms with Crippen LogP contribution in [0.15, 0.2) is 0 Å². The zero-order chi connectivity index (χ0) is 2.71. The van der Waals surface area contributed by atoms with E-state index in [0.29, 0.717) is 0 Å². The molecule has 0 aliphatic carbocycles. The summed E-state index contributed by atoms with van der Waals surface area (Å²) in [7, 11) is 0. The van der Waals surface area contributed by atoms with Gasteiger partial charge in [-0.25, -0.2) is 4.39 Å². The number of hydrogen-bond donors (Lipinski definition) is 0. The van der Waals surface area contributed by atoms with Gasteiger partial charge in [-0.2, -0.15) is 0 Å². The maximum Gasteiger partial charge on any atom is 0.163 e. The largest absolute Gasteiger partial charge is 0.269 e. The SMILES string of the molecule is F.FCCl. The van der Waals surface area contributed by atoms with Crippen LogP contribution in [-0.4, -0.2) is 6.13 Å². The monoisotopic (exact) mass is 88.0 g/mol. The third-order valence-corrected chi connectivity index (χ3v) is 0. The van der Waals surface area contributed by atoms with Gasteiger partial charge in [-0.05, 0) is 0 Å². The summed E-state index contributed by atoms with van der Waals surface area (Å²) >= 11 is 4.33. The smallest absolute Gasteiger partial charge is 0.163 e. The number of halogens is 3. The van der Waals surface area contributed by atoms with Gasteiger partial charge in [-0.15, -0.1) is 0 Å². The second kappa shape index (κ2) is 11.0. The van der Waals surface area contributed by atoms with Crippen molar-refractivity contribution in [1.82, 2.24) is 0 Å². The second-order valence-electron chi connectivity index (χ2n) is 0.101. The maximum atomic E-state index is 10.1. The first-order valence-corrected chi connectivity index (χ1v) is 1.07. The Bertz CT molecular complexity index is 6.00. The summed E-state index contributed by atoms with van der Waals surface area (Å²) in [4.78, 5) is 0. The van der Waals surface area contributed by atoms with Gasteiger partial charge in [0.1, 0.15) is 0 Å². The molecule has 0 N–H and O–H groups in total. The zero-order valence-corrected chi connectivity index (χ0v) is 2.63. The minimum absolute atomic E-state index is 0. The fourth-order valence-electron chi connectivity index (χ4n) is 0. The van der Waals surface area contributed by atoms with Crippen molar-refractivity contribution in [2.45, 2.75) is 0 Å². The Balaban J connectivity index is 0. The molecule has 0 unspecified atom stereocenters. The molecule has 0 saturated carbocycles. The molecule has 0 radical (unpaired) electrons. The zero-order valence-electron chi connectivity index (χ0n) is 1.87. The number of hydrogen-bond acceptors (Lipinski definition) is 0. The van der Waals surface area contributed by atoms with E-state index in [9.17, 15) is 4.39 Å². The summed E-state index contributed by atoms with van der Waals surface area (Å²) in [6.07, 6.45) is -0.778. The molecule has 0 aliphatic heterocycles. The van der Waals surface area contributed by atoms with E-state index in [0.717, 1.165) is 0 Å². The average Bonchev–Trinajstić information content (AvgIpc) is 0.918. The molecule has 0 aromatic heterocycles. The van der Waals surface area contributed by atoms with Gasteiger partial charge in [-0.3, -0.25) is 4.70 Å². The Hall–Kier alpha value is 0.150. The predicted octanol–water partition coefficient (Wildman–Crippen LogP) is 1.30. The quantitative estimate of drug-likeness (QED) is 0.392. The van der Waals surface area contributed by atoms with Crippen LogP contribution in [0.3, 0.4) is 0 Å². The van der Waals surface area contributed by atoms with Crippen LogP contribution in [0.25, 0.3) is 0 Å². The summed E-state index contributed by atoms with van der Waals surface area (Å²) in [5.74, 6) is 0. The van der Waals surface area contributed by atoms with Crippen molar-refractivity contribution >= 4 is 11.6 Å². The Morgan fingerprint density at radius 3 is 1.75 bits per heavy atom. The average molecular weight is 88.5 g/mol. The van der Waals surface area contributed by atoms with Gasteiger partial charge in [0, 0.05) is 0 Å². The van der Waals surface area contributed by atoms with E-state index in [4.69, 9.17) is 0 Å². The van der Waals surface area contributed by atoms with Crippen molar-refractivity contribution in [2.24, 2.45) is 0 Å². The molecule has 0 rings (SSSR count). The molecule has 0 heterocycles. The Morgan fingerprint density at radius 2 is 1.75 bits per heavy atom. The van der Waals surface area contributed by atoms with Crippen LogP contribution in [0.4, 0.5) is 9.09 Å². The van der Waals surface area contributed by atoms with Gasteiger partial charge in [0.2, 0.25) is 0 Å². The Kier molecular flexibility index (Phi) is 24.5. The molecular weight excluding hydrogens is 85.5 g/mol. The topological polar surface area (TPSA) is 0 Å². The lowest BCUT2D eigenvalue weighted by Crippen LogP contribution is -1.29. The van der Waals surface area contributed by atoms with Crippen molar-refractivity contribution in [2.75, 3.05) is 6.13 Å². The maximum absolute atomic E-state index is 10.1. The highest BCUT2D eigenvalue weighted by Crippen LogP contribution is 1.65. The minimum atomic E-state index is -0.778. The molecule has 0 fully saturated rings. The van der Waals surface area contributed by atoms with E-state index in [-0.39, 0.29) is 4.70 Å². The molecule has 0 bridgehead atoms. The van der Waals surface area contributed by atoms with E-state index in [1.807, 2.05) is 0 Å². The standard InChI is InChI=1S/CH2ClF.FH/c2-1-3;/h1H2;1H. The molecule has 3 heteroatoms. The highest BCUT2D eigenvalue weighted by Gasteiger charge is 1.43. The van der Waals surface area contributed by atoms with Crippen molar-refractivity contribution in [3.8, 4) is 0 Å². The molecule has 0 aromatic rings. The molecular formula is CH3ClF2. The minimum Gasteiger partial charge on any atom is -0.269 e. The lowest BCUT2D eigenvalue weighted by atomic mass is 11.8. The second-order valence-corrected chi connectivity index (χ2v) is 0.303. The molecule has 4 heavy (non-hydrogen) atoms. The number of rotatable bonds is 0. The number of alkyl halides is 2. The molecule has 0 saturated heterocycles. The fraction of sp³-hybridized carbons (Fsp3) is 1.00. The summed E-state index contributed by atoms with van der Waals surface area (Å²) in [6.45, 7) is 0. The molecule has 0 aromatic carbocycles. The highest BCUT2D eigenvalue weighted by molar-refractivity contribution is 6.16. The van der Waals surface area contributed by atoms with Crippen LogP contribution in [0.2, 0.25) is 0 Å². The van der Waals surface area contributed by atoms with Gasteiger partial charge < -0.3 is 0 Å². The van der Waals surface area contributed by atoms with Crippen LogP contribution in [0.1, 0.15) is 0 Å². The fourth-order valence-corrected chi connectivity index (χ4v) is 0. The van der Waals surface area contributed by atoms with Crippen LogP contribution in [0, 0.1) is 0 Å². The van der Waals surface area contributed by atoms with Gasteiger partial charge >= 0.3 is 0 Å². The summed E-state index contributed by atoms with van der Waals surface area (Å²) in [5, 5.41) is 0. The molecule has 0 amide bonds. The molecule has 0 aliphatic rings. The summed E-state index contributed by atoms with van der Waals surface area (Å²) in [5.41, 5.74) is 0. The van der Waals surface area contributed by atoms with E-state index >= 15 is 0 Å². The van der Waals surface area contributed by atoms with Gasteiger partial charge in [-0.1, -0.05) is 11.6 Å². The van der Waals surface area contributed by atoms with Crippen LogP contribution in [-0.2, 0) is 0 Å². The molecule has 0 nitrogen and oxygen atoms in total. The van der Waals surface area contributed by atoms with E-state index in [1.165, 1.54) is 0 Å². The first-order chi connectivity index (χ1) is 1.41. The van der Waals surface area contributed by atoms with Crippen LogP contribution < -0.4 is 0 Å². The summed E-state index contributed by atoms with van der Waals surface area (Å²) in [6, 6.07) is 0.